The number of rotatable bonds is 6. The molecule has 3 aromatic carbocycles. The van der Waals surface area contributed by atoms with E-state index in [4.69, 9.17) is 4.74 Å². The molecule has 6 nitrogen and oxygen atoms in total. The van der Waals surface area contributed by atoms with Gasteiger partial charge in [0.05, 0.1) is 25.6 Å². The Hall–Kier alpha value is -3.93. The maximum absolute atomic E-state index is 13.4. The van der Waals surface area contributed by atoms with Crippen LogP contribution < -0.4 is 10.1 Å². The lowest BCUT2D eigenvalue weighted by Gasteiger charge is -2.39. The summed E-state index contributed by atoms with van der Waals surface area (Å²) in [4.78, 5) is 40.6. The van der Waals surface area contributed by atoms with Crippen LogP contribution in [0.5, 0.6) is 5.75 Å². The van der Waals surface area contributed by atoms with Gasteiger partial charge in [-0.05, 0) is 41.5 Å². The maximum Gasteiger partial charge on any atom is 0.254 e. The van der Waals surface area contributed by atoms with Crippen LogP contribution in [-0.2, 0) is 4.79 Å². The number of hydrogen-bond acceptors (Lipinski definition) is 4. The number of nitrogens with one attached hydrogen (secondary N) is 1. The van der Waals surface area contributed by atoms with Gasteiger partial charge in [-0.2, -0.15) is 0 Å². The van der Waals surface area contributed by atoms with Gasteiger partial charge in [0.2, 0.25) is 5.91 Å². The second-order valence-electron chi connectivity index (χ2n) is 7.71. The average Bonchev–Trinajstić information content (AvgIpc) is 2.85. The van der Waals surface area contributed by atoms with Crippen LogP contribution in [0, 0.1) is 0 Å². The Bertz CT molecular complexity index is 1140. The molecule has 0 radical (unpaired) electrons. The van der Waals surface area contributed by atoms with Gasteiger partial charge in [0.15, 0.2) is 5.78 Å². The van der Waals surface area contributed by atoms with Crippen molar-refractivity contribution in [2.45, 2.75) is 12.0 Å². The third-order valence-corrected chi connectivity index (χ3v) is 5.84. The van der Waals surface area contributed by atoms with E-state index >= 15 is 0 Å². The van der Waals surface area contributed by atoms with Crippen molar-refractivity contribution in [1.29, 1.82) is 0 Å². The lowest BCUT2D eigenvalue weighted by molar-refractivity contribution is -0.123. The molecule has 1 N–H and O–H groups in total. The number of Topliss-reactive ketones (excluding diaryl/α,β-unsaturated/α-hetero) is 1. The molecule has 0 fully saturated rings. The molecule has 0 aromatic heterocycles. The van der Waals surface area contributed by atoms with Crippen molar-refractivity contribution in [2.24, 2.45) is 0 Å². The summed E-state index contributed by atoms with van der Waals surface area (Å²) in [5.41, 5.74) is 2.52. The van der Waals surface area contributed by atoms with Crippen LogP contribution in [0.4, 0.5) is 0 Å². The van der Waals surface area contributed by atoms with Crippen LogP contribution in [0.2, 0.25) is 0 Å². The Morgan fingerprint density at radius 2 is 1.59 bits per heavy atom. The topological polar surface area (TPSA) is 75.7 Å². The van der Waals surface area contributed by atoms with Crippen molar-refractivity contribution in [3.05, 3.63) is 101 Å². The van der Waals surface area contributed by atoms with Crippen molar-refractivity contribution in [2.75, 3.05) is 20.7 Å². The molecule has 2 atom stereocenters. The zero-order valence-electron chi connectivity index (χ0n) is 17.9. The molecule has 1 aliphatic rings. The highest BCUT2D eigenvalue weighted by atomic mass is 16.5. The summed E-state index contributed by atoms with van der Waals surface area (Å²) in [5, 5.41) is 2.80. The van der Waals surface area contributed by atoms with Crippen molar-refractivity contribution >= 4 is 17.6 Å². The molecule has 1 aliphatic heterocycles. The smallest absolute Gasteiger partial charge is 0.254 e. The first-order chi connectivity index (χ1) is 15.5. The lowest BCUT2D eigenvalue weighted by Crippen LogP contribution is -2.46. The van der Waals surface area contributed by atoms with Crippen LogP contribution in [0.15, 0.2) is 78.9 Å². The van der Waals surface area contributed by atoms with Crippen molar-refractivity contribution in [1.82, 2.24) is 10.2 Å². The summed E-state index contributed by atoms with van der Waals surface area (Å²) in [5.74, 6) is -0.617. The molecular formula is C26H24N2O4. The van der Waals surface area contributed by atoms with Gasteiger partial charge in [-0.3, -0.25) is 14.4 Å². The first kappa shape index (κ1) is 21.3. The van der Waals surface area contributed by atoms with E-state index < -0.39 is 12.0 Å². The second kappa shape index (κ2) is 9.06. The Labute approximate surface area is 186 Å². The average molecular weight is 428 g/mol. The highest BCUT2D eigenvalue weighted by molar-refractivity contribution is 6.03. The monoisotopic (exact) mass is 428 g/mol. The minimum atomic E-state index is -0.639. The van der Waals surface area contributed by atoms with E-state index in [1.54, 1.807) is 55.5 Å². The molecular weight excluding hydrogens is 404 g/mol. The quantitative estimate of drug-likeness (QED) is 0.609. The molecule has 0 spiro atoms. The highest BCUT2D eigenvalue weighted by Crippen LogP contribution is 2.41. The summed E-state index contributed by atoms with van der Waals surface area (Å²) < 4.78 is 5.12. The fourth-order valence-electron chi connectivity index (χ4n) is 4.18. The first-order valence-corrected chi connectivity index (χ1v) is 10.4. The zero-order valence-corrected chi connectivity index (χ0v) is 17.9. The standard InChI is InChI=1S/C26H24N2O4/c1-28-24(18-8-4-3-5-9-18)23(20-10-6-7-11-21(20)26(28)31)25(30)27-16-22(29)17-12-14-19(32-2)15-13-17/h3-15,23-24H,16H2,1-2H3,(H,27,30)/t23-,24-/m1/s1. The van der Waals surface area contributed by atoms with E-state index in [2.05, 4.69) is 5.32 Å². The number of ether oxygens (including phenoxy) is 1. The third-order valence-electron chi connectivity index (χ3n) is 5.84. The van der Waals surface area contributed by atoms with Gasteiger partial charge in [0.1, 0.15) is 5.75 Å². The number of hydrogen-bond donors (Lipinski definition) is 1. The summed E-state index contributed by atoms with van der Waals surface area (Å²) in [6, 6.07) is 22.9. The number of nitrogens with zero attached hydrogens (tertiary/aromatic N) is 1. The molecule has 0 bridgehead atoms. The van der Waals surface area contributed by atoms with Crippen LogP contribution in [0.1, 0.15) is 43.8 Å². The van der Waals surface area contributed by atoms with Gasteiger partial charge in [0, 0.05) is 18.2 Å². The Balaban J connectivity index is 1.62. The van der Waals surface area contributed by atoms with E-state index in [1.807, 2.05) is 42.5 Å². The molecule has 32 heavy (non-hydrogen) atoms. The molecule has 3 aromatic rings. The van der Waals surface area contributed by atoms with Gasteiger partial charge in [-0.1, -0.05) is 48.5 Å². The van der Waals surface area contributed by atoms with E-state index in [1.165, 1.54) is 0 Å². The maximum atomic E-state index is 13.4. The van der Waals surface area contributed by atoms with Gasteiger partial charge in [-0.15, -0.1) is 0 Å². The second-order valence-corrected chi connectivity index (χ2v) is 7.71. The van der Waals surface area contributed by atoms with Gasteiger partial charge >= 0.3 is 0 Å². The largest absolute Gasteiger partial charge is 0.497 e. The van der Waals surface area contributed by atoms with Crippen LogP contribution in [0.25, 0.3) is 0 Å². The van der Waals surface area contributed by atoms with Crippen molar-refractivity contribution < 1.29 is 19.1 Å². The Kier molecular flexibility index (Phi) is 6.03. The first-order valence-electron chi connectivity index (χ1n) is 10.4. The summed E-state index contributed by atoms with van der Waals surface area (Å²) >= 11 is 0. The van der Waals surface area contributed by atoms with E-state index in [0.717, 1.165) is 5.56 Å². The molecule has 1 heterocycles. The number of ketones is 1. The Morgan fingerprint density at radius 3 is 2.28 bits per heavy atom. The predicted molar refractivity (Wildman–Crippen MR) is 121 cm³/mol. The number of fused-ring (bicyclic) bond motifs is 1. The number of methoxy groups -OCH3 is 1. The molecule has 4 rings (SSSR count). The molecule has 0 saturated carbocycles. The molecule has 6 heteroatoms. The molecule has 0 unspecified atom stereocenters. The fourth-order valence-corrected chi connectivity index (χ4v) is 4.18. The van der Waals surface area contributed by atoms with Crippen LogP contribution >= 0.6 is 0 Å². The number of carbonyl (C=O) groups is 3. The number of amides is 2. The minimum absolute atomic E-state index is 0.132. The number of benzene rings is 3. The third kappa shape index (κ3) is 3.99. The zero-order chi connectivity index (χ0) is 22.7. The van der Waals surface area contributed by atoms with Crippen LogP contribution in [-0.4, -0.2) is 43.2 Å². The van der Waals surface area contributed by atoms with Gasteiger partial charge < -0.3 is 15.0 Å². The molecule has 2 amide bonds. The fraction of sp³-hybridized carbons (Fsp3) is 0.192. The highest BCUT2D eigenvalue weighted by Gasteiger charge is 2.42. The molecule has 162 valence electrons. The van der Waals surface area contributed by atoms with Gasteiger partial charge in [0.25, 0.3) is 5.91 Å². The summed E-state index contributed by atoms with van der Waals surface area (Å²) in [6.07, 6.45) is 0. The molecule has 0 aliphatic carbocycles. The minimum Gasteiger partial charge on any atom is -0.497 e. The SMILES string of the molecule is COc1ccc(C(=O)CNC(=O)[C@@H]2c3ccccc3C(=O)N(C)[C@@H]2c2ccccc2)cc1. The lowest BCUT2D eigenvalue weighted by atomic mass is 9.79. The number of carbonyl (C=O) groups excluding carboxylic acids is 3. The molecule has 0 saturated heterocycles. The number of likely N-dealkylation sites (N-methyl/N-ethyl adjacent to an activating group) is 1. The van der Waals surface area contributed by atoms with Gasteiger partial charge in [-0.25, -0.2) is 0 Å². The summed E-state index contributed by atoms with van der Waals surface area (Å²) in [7, 11) is 3.27. The van der Waals surface area contributed by atoms with Crippen molar-refractivity contribution in [3.63, 3.8) is 0 Å². The normalized spacial score (nSPS) is 17.4. The van der Waals surface area contributed by atoms with Crippen molar-refractivity contribution in [3.8, 4) is 5.75 Å². The Morgan fingerprint density at radius 1 is 0.938 bits per heavy atom. The van der Waals surface area contributed by atoms with E-state index in [-0.39, 0.29) is 24.1 Å². The predicted octanol–water partition coefficient (Wildman–Crippen LogP) is 3.60. The summed E-state index contributed by atoms with van der Waals surface area (Å²) in [6.45, 7) is -0.136. The van der Waals surface area contributed by atoms with E-state index in [9.17, 15) is 14.4 Å². The van der Waals surface area contributed by atoms with Crippen LogP contribution in [0.3, 0.4) is 0 Å². The van der Waals surface area contributed by atoms with E-state index in [0.29, 0.717) is 22.4 Å².